The van der Waals surface area contributed by atoms with Gasteiger partial charge in [0.2, 0.25) is 0 Å². The number of thiophene rings is 1. The van der Waals surface area contributed by atoms with Gasteiger partial charge in [-0.2, -0.15) is 0 Å². The maximum atomic E-state index is 2.43. The van der Waals surface area contributed by atoms with E-state index in [1.54, 1.807) is 4.88 Å². The molecule has 0 aromatic carbocycles. The summed E-state index contributed by atoms with van der Waals surface area (Å²) in [7, 11) is 0. The zero-order chi connectivity index (χ0) is 17.8. The van der Waals surface area contributed by atoms with Crippen molar-refractivity contribution in [3.05, 3.63) is 34.5 Å². The van der Waals surface area contributed by atoms with Crippen LogP contribution in [0, 0.1) is 0 Å². The summed E-state index contributed by atoms with van der Waals surface area (Å²) in [5.74, 6) is 0. The Labute approximate surface area is 162 Å². The number of allylic oxidation sites excluding steroid dienone is 2. The summed E-state index contributed by atoms with van der Waals surface area (Å²) in [6, 6.07) is 4.44. The minimum Gasteiger partial charge on any atom is -0.149 e. The first-order chi connectivity index (χ1) is 12.4. The van der Waals surface area contributed by atoms with Crippen molar-refractivity contribution >= 4 is 11.3 Å². The number of rotatable bonds is 18. The molecule has 0 unspecified atom stereocenters. The van der Waals surface area contributed by atoms with E-state index in [0.29, 0.717) is 0 Å². The van der Waals surface area contributed by atoms with E-state index >= 15 is 0 Å². The number of hydrogen-bond donors (Lipinski definition) is 0. The second kappa shape index (κ2) is 18.2. The summed E-state index contributed by atoms with van der Waals surface area (Å²) in [5, 5.41) is 2.19. The summed E-state index contributed by atoms with van der Waals surface area (Å²) < 4.78 is 0. The first kappa shape index (κ1) is 22.5. The van der Waals surface area contributed by atoms with E-state index in [0.717, 1.165) is 0 Å². The van der Waals surface area contributed by atoms with Gasteiger partial charge >= 0.3 is 0 Å². The van der Waals surface area contributed by atoms with Gasteiger partial charge < -0.3 is 0 Å². The summed E-state index contributed by atoms with van der Waals surface area (Å²) >= 11 is 1.90. The summed E-state index contributed by atoms with van der Waals surface area (Å²) in [4.78, 5) is 1.56. The van der Waals surface area contributed by atoms with Crippen molar-refractivity contribution in [3.8, 4) is 0 Å². The van der Waals surface area contributed by atoms with Crippen molar-refractivity contribution in [1.82, 2.24) is 0 Å². The van der Waals surface area contributed by atoms with Crippen LogP contribution in [0.15, 0.2) is 29.7 Å². The second-order valence-corrected chi connectivity index (χ2v) is 8.51. The average Bonchev–Trinajstić information content (AvgIpc) is 3.14. The lowest BCUT2D eigenvalue weighted by molar-refractivity contribution is 0.577. The van der Waals surface area contributed by atoms with Gasteiger partial charge in [-0.25, -0.2) is 0 Å². The van der Waals surface area contributed by atoms with Gasteiger partial charge in [0.05, 0.1) is 0 Å². The Morgan fingerprint density at radius 1 is 0.680 bits per heavy atom. The van der Waals surface area contributed by atoms with Crippen molar-refractivity contribution in [2.45, 2.75) is 116 Å². The molecule has 0 nitrogen and oxygen atoms in total. The van der Waals surface area contributed by atoms with Crippen LogP contribution in [0.4, 0.5) is 0 Å². The van der Waals surface area contributed by atoms with Gasteiger partial charge in [-0.05, 0) is 50.0 Å². The van der Waals surface area contributed by atoms with Crippen LogP contribution >= 0.6 is 11.3 Å². The highest BCUT2D eigenvalue weighted by Crippen LogP contribution is 2.14. The molecule has 0 spiro atoms. The minimum atomic E-state index is 1.29. The third-order valence-electron chi connectivity index (χ3n) is 5.02. The molecule has 0 radical (unpaired) electrons. The van der Waals surface area contributed by atoms with Gasteiger partial charge in [-0.3, -0.25) is 0 Å². The smallest absolute Gasteiger partial charge is 0.00452 e. The highest BCUT2D eigenvalue weighted by molar-refractivity contribution is 7.09. The fourth-order valence-corrected chi connectivity index (χ4v) is 4.11. The normalized spacial score (nSPS) is 11.6. The molecule has 0 bridgehead atoms. The maximum absolute atomic E-state index is 2.43. The van der Waals surface area contributed by atoms with E-state index in [4.69, 9.17) is 0 Å². The molecular formula is C24H42S. The lowest BCUT2D eigenvalue weighted by Gasteiger charge is -2.01. The van der Waals surface area contributed by atoms with Gasteiger partial charge in [0.15, 0.2) is 0 Å². The molecule has 0 N–H and O–H groups in total. The Morgan fingerprint density at radius 3 is 1.72 bits per heavy atom. The molecule has 1 aromatic heterocycles. The Kier molecular flexibility index (Phi) is 16.4. The zero-order valence-electron chi connectivity index (χ0n) is 16.8. The van der Waals surface area contributed by atoms with Crippen molar-refractivity contribution in [1.29, 1.82) is 0 Å². The Bertz CT molecular complexity index is 377. The largest absolute Gasteiger partial charge is 0.149 e. The van der Waals surface area contributed by atoms with Gasteiger partial charge in [-0.1, -0.05) is 95.8 Å². The van der Waals surface area contributed by atoms with E-state index in [1.165, 1.54) is 109 Å². The molecule has 0 amide bonds. The fraction of sp³-hybridized carbons (Fsp3) is 0.750. The topological polar surface area (TPSA) is 0 Å². The zero-order valence-corrected chi connectivity index (χ0v) is 17.6. The molecule has 0 saturated carbocycles. The molecule has 25 heavy (non-hydrogen) atoms. The molecule has 1 aromatic rings. The van der Waals surface area contributed by atoms with Crippen LogP contribution in [-0.2, 0) is 6.42 Å². The van der Waals surface area contributed by atoms with Gasteiger partial charge in [0, 0.05) is 4.88 Å². The molecule has 0 aliphatic rings. The van der Waals surface area contributed by atoms with Crippen LogP contribution in [0.5, 0.6) is 0 Å². The quantitative estimate of drug-likeness (QED) is 0.180. The fourth-order valence-electron chi connectivity index (χ4n) is 3.36. The number of hydrogen-bond acceptors (Lipinski definition) is 1. The van der Waals surface area contributed by atoms with Crippen LogP contribution in [0.2, 0.25) is 0 Å². The van der Waals surface area contributed by atoms with Crippen molar-refractivity contribution in [2.24, 2.45) is 0 Å². The average molecular weight is 363 g/mol. The highest BCUT2D eigenvalue weighted by Gasteiger charge is 1.95. The summed E-state index contributed by atoms with van der Waals surface area (Å²) in [6.07, 6.45) is 28.6. The van der Waals surface area contributed by atoms with Crippen LogP contribution in [0.1, 0.15) is 115 Å². The molecule has 0 aliphatic heterocycles. The monoisotopic (exact) mass is 362 g/mol. The highest BCUT2D eigenvalue weighted by atomic mass is 32.1. The third-order valence-corrected chi connectivity index (χ3v) is 5.95. The molecule has 1 heteroatoms. The molecule has 0 aliphatic carbocycles. The number of unbranched alkanes of at least 4 members (excludes halogenated alkanes) is 14. The summed E-state index contributed by atoms with van der Waals surface area (Å²) in [5.41, 5.74) is 0. The van der Waals surface area contributed by atoms with Gasteiger partial charge in [0.25, 0.3) is 0 Å². The molecule has 0 fully saturated rings. The maximum Gasteiger partial charge on any atom is 0.00452 e. The second-order valence-electron chi connectivity index (χ2n) is 7.47. The minimum absolute atomic E-state index is 1.29. The van der Waals surface area contributed by atoms with Crippen LogP contribution in [-0.4, -0.2) is 0 Å². The summed E-state index contributed by atoms with van der Waals surface area (Å²) in [6.45, 7) is 2.29. The predicted octanol–water partition coefficient (Wildman–Crippen LogP) is 9.11. The van der Waals surface area contributed by atoms with E-state index < -0.39 is 0 Å². The molecule has 144 valence electrons. The Balaban J connectivity index is 1.71. The van der Waals surface area contributed by atoms with Crippen molar-refractivity contribution in [2.75, 3.05) is 0 Å². The van der Waals surface area contributed by atoms with Crippen LogP contribution in [0.25, 0.3) is 0 Å². The SMILES string of the molecule is CCCCCCCCCCC=CCCCCCCCCc1cccs1. The first-order valence-corrected chi connectivity index (χ1v) is 12.0. The Hall–Kier alpha value is -0.560. The first-order valence-electron chi connectivity index (χ1n) is 11.1. The van der Waals surface area contributed by atoms with Gasteiger partial charge in [0.1, 0.15) is 0 Å². The third kappa shape index (κ3) is 15.4. The van der Waals surface area contributed by atoms with Crippen molar-refractivity contribution < 1.29 is 0 Å². The lowest BCUT2D eigenvalue weighted by Crippen LogP contribution is -1.83. The molecule has 0 atom stereocenters. The Morgan fingerprint density at radius 2 is 1.20 bits per heavy atom. The van der Waals surface area contributed by atoms with E-state index in [-0.39, 0.29) is 0 Å². The van der Waals surface area contributed by atoms with Gasteiger partial charge in [-0.15, -0.1) is 11.3 Å². The predicted molar refractivity (Wildman–Crippen MR) is 117 cm³/mol. The van der Waals surface area contributed by atoms with Crippen LogP contribution < -0.4 is 0 Å². The van der Waals surface area contributed by atoms with Crippen molar-refractivity contribution in [3.63, 3.8) is 0 Å². The molecule has 1 rings (SSSR count). The lowest BCUT2D eigenvalue weighted by atomic mass is 10.1. The van der Waals surface area contributed by atoms with E-state index in [2.05, 4.69) is 36.6 Å². The van der Waals surface area contributed by atoms with Crippen LogP contribution in [0.3, 0.4) is 0 Å². The molecular weight excluding hydrogens is 320 g/mol. The molecule has 0 saturated heterocycles. The van der Waals surface area contributed by atoms with E-state index in [1.807, 2.05) is 11.3 Å². The molecule has 1 heterocycles. The number of aryl methyl sites for hydroxylation is 1. The standard InChI is InChI=1S/C24H42S/c1-2-3-4-5-6-7-8-9-10-11-12-13-14-15-16-17-18-19-21-24-22-20-23-25-24/h11-12,20,22-23H,2-10,13-19,21H2,1H3. The van der Waals surface area contributed by atoms with E-state index in [9.17, 15) is 0 Å².